The monoisotopic (exact) mass is 310 g/mol. The summed E-state index contributed by atoms with van der Waals surface area (Å²) in [4.78, 5) is 24.0. The number of hydrogen-bond donors (Lipinski definition) is 1. The number of halogens is 1. The zero-order valence-corrected chi connectivity index (χ0v) is 12.4. The Balaban J connectivity index is 2.13. The smallest absolute Gasteiger partial charge is 0.261 e. The normalized spacial score (nSPS) is 11.4. The third-order valence-electron chi connectivity index (χ3n) is 3.76. The fourth-order valence-electron chi connectivity index (χ4n) is 2.70. The molecule has 0 fully saturated rings. The van der Waals surface area contributed by atoms with Gasteiger partial charge in [0, 0.05) is 35.4 Å². The van der Waals surface area contributed by atoms with Gasteiger partial charge < -0.3 is 9.55 Å². The molecule has 22 heavy (non-hydrogen) atoms. The second-order valence-electron chi connectivity index (χ2n) is 5.07. The summed E-state index contributed by atoms with van der Waals surface area (Å²) in [7, 11) is 1.88. The first-order valence-electron chi connectivity index (χ1n) is 6.73. The largest absolute Gasteiger partial charge is 0.328 e. The van der Waals surface area contributed by atoms with Crippen molar-refractivity contribution in [3.05, 3.63) is 58.1 Å². The van der Waals surface area contributed by atoms with E-state index in [1.807, 2.05) is 35.9 Å². The zero-order chi connectivity index (χ0) is 15.3. The molecule has 1 aromatic carbocycles. The van der Waals surface area contributed by atoms with Crippen LogP contribution < -0.4 is 5.56 Å². The molecule has 0 aliphatic carbocycles. The fraction of sp³-hybridized carbons (Fsp3) is 0.0625. The number of aryl methyl sites for hydroxylation is 1. The molecule has 0 atom stereocenters. The number of fused-ring (bicyclic) bond motifs is 3. The molecule has 0 spiro atoms. The van der Waals surface area contributed by atoms with Crippen LogP contribution in [0.15, 0.2) is 47.5 Å². The van der Waals surface area contributed by atoms with Gasteiger partial charge in [-0.3, -0.25) is 9.78 Å². The Morgan fingerprint density at radius 3 is 2.73 bits per heavy atom. The molecule has 0 amide bonds. The maximum atomic E-state index is 12.5. The van der Waals surface area contributed by atoms with E-state index in [9.17, 15) is 4.79 Å². The van der Waals surface area contributed by atoms with Crippen molar-refractivity contribution in [1.29, 1.82) is 0 Å². The zero-order valence-electron chi connectivity index (χ0n) is 11.7. The highest BCUT2D eigenvalue weighted by molar-refractivity contribution is 6.31. The van der Waals surface area contributed by atoms with Gasteiger partial charge in [0.1, 0.15) is 11.5 Å². The van der Waals surface area contributed by atoms with Crippen LogP contribution in [0.25, 0.3) is 33.3 Å². The fourth-order valence-corrected chi connectivity index (χ4v) is 2.87. The van der Waals surface area contributed by atoms with Gasteiger partial charge in [-0.05, 0) is 24.3 Å². The van der Waals surface area contributed by atoms with Crippen LogP contribution in [0.5, 0.6) is 0 Å². The molecule has 0 aliphatic rings. The molecular formula is C16H11ClN4O. The molecule has 4 aromatic rings. The van der Waals surface area contributed by atoms with Crippen LogP contribution in [0.2, 0.25) is 5.02 Å². The van der Waals surface area contributed by atoms with Gasteiger partial charge in [0.2, 0.25) is 0 Å². The lowest BCUT2D eigenvalue weighted by molar-refractivity contribution is 0.981. The molecule has 0 saturated heterocycles. The van der Waals surface area contributed by atoms with Gasteiger partial charge in [0.15, 0.2) is 0 Å². The van der Waals surface area contributed by atoms with Crippen LogP contribution in [-0.4, -0.2) is 19.5 Å². The summed E-state index contributed by atoms with van der Waals surface area (Å²) in [6.45, 7) is 0. The van der Waals surface area contributed by atoms with E-state index in [4.69, 9.17) is 11.6 Å². The molecule has 5 nitrogen and oxygen atoms in total. The Morgan fingerprint density at radius 1 is 1.18 bits per heavy atom. The first kappa shape index (κ1) is 13.0. The van der Waals surface area contributed by atoms with E-state index in [2.05, 4.69) is 15.0 Å². The third kappa shape index (κ3) is 1.83. The van der Waals surface area contributed by atoms with Crippen LogP contribution in [0, 0.1) is 0 Å². The van der Waals surface area contributed by atoms with Crippen molar-refractivity contribution in [3.8, 4) is 11.4 Å². The molecule has 4 rings (SSSR count). The summed E-state index contributed by atoms with van der Waals surface area (Å²) >= 11 is 6.06. The SMILES string of the molecule is Cn1c2cc(Cl)ccc2c2c(=O)[nH]c(-c3ccncc3)nc21. The van der Waals surface area contributed by atoms with Crippen molar-refractivity contribution < 1.29 is 0 Å². The first-order chi connectivity index (χ1) is 10.6. The quantitative estimate of drug-likeness (QED) is 0.587. The molecule has 3 heterocycles. The molecule has 0 saturated carbocycles. The Kier molecular flexibility index (Phi) is 2.77. The van der Waals surface area contributed by atoms with Gasteiger partial charge in [0.25, 0.3) is 5.56 Å². The Morgan fingerprint density at radius 2 is 1.95 bits per heavy atom. The highest BCUT2D eigenvalue weighted by atomic mass is 35.5. The van der Waals surface area contributed by atoms with Gasteiger partial charge in [-0.15, -0.1) is 0 Å². The second-order valence-corrected chi connectivity index (χ2v) is 5.51. The molecule has 6 heteroatoms. The lowest BCUT2D eigenvalue weighted by Crippen LogP contribution is -2.09. The summed E-state index contributed by atoms with van der Waals surface area (Å²) in [6.07, 6.45) is 3.33. The van der Waals surface area contributed by atoms with Gasteiger partial charge in [-0.1, -0.05) is 17.7 Å². The van der Waals surface area contributed by atoms with Gasteiger partial charge in [0.05, 0.1) is 10.9 Å². The van der Waals surface area contributed by atoms with Gasteiger partial charge in [-0.2, -0.15) is 0 Å². The van der Waals surface area contributed by atoms with Gasteiger partial charge >= 0.3 is 0 Å². The molecule has 108 valence electrons. The van der Waals surface area contributed by atoms with Crippen LogP contribution in [0.1, 0.15) is 0 Å². The maximum absolute atomic E-state index is 12.5. The highest BCUT2D eigenvalue weighted by Crippen LogP contribution is 2.27. The minimum absolute atomic E-state index is 0.162. The summed E-state index contributed by atoms with van der Waals surface area (Å²) < 4.78 is 1.89. The highest BCUT2D eigenvalue weighted by Gasteiger charge is 2.15. The number of nitrogens with one attached hydrogen (secondary N) is 1. The maximum Gasteiger partial charge on any atom is 0.261 e. The van der Waals surface area contributed by atoms with Crippen LogP contribution >= 0.6 is 11.6 Å². The summed E-state index contributed by atoms with van der Waals surface area (Å²) in [5.74, 6) is 0.525. The van der Waals surface area contributed by atoms with Crippen LogP contribution in [0.3, 0.4) is 0 Å². The van der Waals surface area contributed by atoms with E-state index < -0.39 is 0 Å². The van der Waals surface area contributed by atoms with Crippen molar-refractivity contribution in [2.24, 2.45) is 7.05 Å². The van der Waals surface area contributed by atoms with Gasteiger partial charge in [-0.25, -0.2) is 4.98 Å². The molecular weight excluding hydrogens is 300 g/mol. The number of benzene rings is 1. The second kappa shape index (κ2) is 4.68. The average Bonchev–Trinajstić information content (AvgIpc) is 2.81. The van der Waals surface area contributed by atoms with E-state index in [0.29, 0.717) is 21.9 Å². The number of H-pyrrole nitrogens is 1. The molecule has 0 radical (unpaired) electrons. The summed E-state index contributed by atoms with van der Waals surface area (Å²) in [5, 5.41) is 2.05. The number of aromatic amines is 1. The number of pyridine rings is 1. The van der Waals surface area contributed by atoms with Crippen LogP contribution in [0.4, 0.5) is 0 Å². The number of rotatable bonds is 1. The van der Waals surface area contributed by atoms with Crippen LogP contribution in [-0.2, 0) is 7.05 Å². The molecule has 0 aliphatic heterocycles. The van der Waals surface area contributed by atoms with Crippen molar-refractivity contribution in [3.63, 3.8) is 0 Å². The van der Waals surface area contributed by atoms with E-state index in [1.54, 1.807) is 18.5 Å². The van der Waals surface area contributed by atoms with Crippen molar-refractivity contribution in [2.75, 3.05) is 0 Å². The predicted octanol–water partition coefficient (Wildman–Crippen LogP) is 3.13. The molecule has 3 aromatic heterocycles. The minimum atomic E-state index is -0.162. The Hall–Kier alpha value is -2.66. The number of aromatic nitrogens is 4. The van der Waals surface area contributed by atoms with E-state index in [0.717, 1.165) is 16.5 Å². The molecule has 0 unspecified atom stereocenters. The topological polar surface area (TPSA) is 63.6 Å². The van der Waals surface area contributed by atoms with Crippen molar-refractivity contribution >= 4 is 33.5 Å². The third-order valence-corrected chi connectivity index (χ3v) is 4.00. The summed E-state index contributed by atoms with van der Waals surface area (Å²) in [5.41, 5.74) is 2.17. The Bertz CT molecular complexity index is 1070. The Labute approximate surface area is 130 Å². The summed E-state index contributed by atoms with van der Waals surface area (Å²) in [6, 6.07) is 9.08. The lowest BCUT2D eigenvalue weighted by Gasteiger charge is -2.02. The predicted molar refractivity (Wildman–Crippen MR) is 87.1 cm³/mol. The van der Waals surface area contributed by atoms with E-state index in [-0.39, 0.29) is 5.56 Å². The first-order valence-corrected chi connectivity index (χ1v) is 7.11. The lowest BCUT2D eigenvalue weighted by atomic mass is 10.2. The molecule has 0 bridgehead atoms. The van der Waals surface area contributed by atoms with E-state index >= 15 is 0 Å². The minimum Gasteiger partial charge on any atom is -0.328 e. The average molecular weight is 311 g/mol. The van der Waals surface area contributed by atoms with Crippen molar-refractivity contribution in [2.45, 2.75) is 0 Å². The van der Waals surface area contributed by atoms with Crippen molar-refractivity contribution in [1.82, 2.24) is 19.5 Å². The standard InChI is InChI=1S/C16H11ClN4O/c1-21-12-8-10(17)2-3-11(12)13-15(21)19-14(20-16(13)22)9-4-6-18-7-5-9/h2-8H,1H3,(H,19,20,22). The number of hydrogen-bond acceptors (Lipinski definition) is 3. The number of nitrogens with zero attached hydrogens (tertiary/aromatic N) is 3. The van der Waals surface area contributed by atoms with E-state index in [1.165, 1.54) is 0 Å². The molecule has 1 N–H and O–H groups in total.